The van der Waals surface area contributed by atoms with Gasteiger partial charge in [-0.1, -0.05) is 25.1 Å². The zero-order valence-electron chi connectivity index (χ0n) is 15.2. The van der Waals surface area contributed by atoms with E-state index >= 15 is 0 Å². The lowest BCUT2D eigenvalue weighted by molar-refractivity contribution is -0.144. The first-order valence-corrected chi connectivity index (χ1v) is 9.55. The average Bonchev–Trinajstić information content (AvgIpc) is 3.00. The first kappa shape index (κ1) is 16.6. The number of nitrogens with one attached hydrogen (secondary N) is 1. The van der Waals surface area contributed by atoms with Crippen LogP contribution in [0.15, 0.2) is 24.4 Å². The van der Waals surface area contributed by atoms with Crippen molar-refractivity contribution in [2.75, 3.05) is 6.54 Å². The standard InChI is InChI=1S/C21H28N2O2/c1-14-5-3-7-17-18(13-22-20(14)17)15(2)11-19(24)23-10-9-21(25)8-4-6-16(23)12-21/h3,5,7,13,15-16,22,25H,4,6,8-12H2,1-2H3. The van der Waals surface area contributed by atoms with Crippen molar-refractivity contribution in [3.63, 3.8) is 0 Å². The number of aliphatic hydroxyl groups is 1. The van der Waals surface area contributed by atoms with Crippen LogP contribution in [0.5, 0.6) is 0 Å². The molecule has 2 N–H and O–H groups in total. The molecule has 1 amide bonds. The van der Waals surface area contributed by atoms with Gasteiger partial charge in [0, 0.05) is 36.1 Å². The normalized spacial score (nSPS) is 27.5. The second-order valence-electron chi connectivity index (χ2n) is 8.16. The monoisotopic (exact) mass is 340 g/mol. The highest BCUT2D eigenvalue weighted by Crippen LogP contribution is 2.39. The van der Waals surface area contributed by atoms with Gasteiger partial charge in [0.15, 0.2) is 0 Å². The second kappa shape index (κ2) is 6.17. The molecule has 0 radical (unpaired) electrons. The van der Waals surface area contributed by atoms with E-state index in [1.807, 2.05) is 4.90 Å². The number of likely N-dealkylation sites (tertiary alicyclic amines) is 1. The molecule has 2 aliphatic rings. The Kier molecular flexibility index (Phi) is 4.11. The van der Waals surface area contributed by atoms with Crippen LogP contribution >= 0.6 is 0 Å². The molecular weight excluding hydrogens is 312 g/mol. The number of para-hydroxylation sites is 1. The van der Waals surface area contributed by atoms with Crippen molar-refractivity contribution in [2.45, 2.75) is 69.9 Å². The van der Waals surface area contributed by atoms with E-state index in [0.29, 0.717) is 13.0 Å². The minimum atomic E-state index is -0.514. The van der Waals surface area contributed by atoms with Crippen LogP contribution in [0, 0.1) is 6.92 Å². The topological polar surface area (TPSA) is 56.3 Å². The van der Waals surface area contributed by atoms with Gasteiger partial charge in [0.2, 0.25) is 5.91 Å². The molecule has 1 aliphatic heterocycles. The Balaban J connectivity index is 1.49. The summed E-state index contributed by atoms with van der Waals surface area (Å²) in [6.07, 6.45) is 7.06. The highest BCUT2D eigenvalue weighted by Gasteiger charge is 2.42. The van der Waals surface area contributed by atoms with Gasteiger partial charge < -0.3 is 15.0 Å². The van der Waals surface area contributed by atoms with Crippen LogP contribution in [0.25, 0.3) is 10.9 Å². The van der Waals surface area contributed by atoms with E-state index in [0.717, 1.165) is 32.1 Å². The van der Waals surface area contributed by atoms with Gasteiger partial charge in [0.25, 0.3) is 0 Å². The smallest absolute Gasteiger partial charge is 0.223 e. The number of H-pyrrole nitrogens is 1. The lowest BCUT2D eigenvalue weighted by Crippen LogP contribution is -2.55. The van der Waals surface area contributed by atoms with Gasteiger partial charge in [-0.2, -0.15) is 0 Å². The maximum atomic E-state index is 12.9. The molecule has 1 aromatic carbocycles. The van der Waals surface area contributed by atoms with E-state index < -0.39 is 5.60 Å². The molecule has 2 fully saturated rings. The number of hydrogen-bond acceptors (Lipinski definition) is 2. The Morgan fingerprint density at radius 1 is 1.44 bits per heavy atom. The molecule has 2 aromatic rings. The number of aromatic nitrogens is 1. The Labute approximate surface area is 149 Å². The Morgan fingerprint density at radius 2 is 2.28 bits per heavy atom. The van der Waals surface area contributed by atoms with Crippen LogP contribution in [0.4, 0.5) is 0 Å². The number of carbonyl (C=O) groups excluding carboxylic acids is 1. The highest BCUT2D eigenvalue weighted by atomic mass is 16.3. The molecule has 0 spiro atoms. The SMILES string of the molecule is Cc1cccc2c(C(C)CC(=O)N3CCC4(O)CCCC3C4)c[nH]c12. The molecule has 1 aromatic heterocycles. The number of nitrogens with zero attached hydrogens (tertiary/aromatic N) is 1. The fraction of sp³-hybridized carbons (Fsp3) is 0.571. The Hall–Kier alpha value is -1.81. The maximum absolute atomic E-state index is 12.9. The van der Waals surface area contributed by atoms with E-state index in [4.69, 9.17) is 0 Å². The summed E-state index contributed by atoms with van der Waals surface area (Å²) in [5.74, 6) is 0.427. The first-order valence-electron chi connectivity index (χ1n) is 9.55. The zero-order valence-corrected chi connectivity index (χ0v) is 15.2. The molecule has 3 unspecified atom stereocenters. The van der Waals surface area contributed by atoms with Crippen LogP contribution in [-0.4, -0.2) is 39.1 Å². The van der Waals surface area contributed by atoms with Crippen molar-refractivity contribution in [1.29, 1.82) is 0 Å². The van der Waals surface area contributed by atoms with Crippen LogP contribution < -0.4 is 0 Å². The van der Waals surface area contributed by atoms with Crippen LogP contribution in [0.1, 0.15) is 62.5 Å². The fourth-order valence-electron chi connectivity index (χ4n) is 4.87. The van der Waals surface area contributed by atoms with Crippen LogP contribution in [-0.2, 0) is 4.79 Å². The van der Waals surface area contributed by atoms with Crippen molar-refractivity contribution >= 4 is 16.8 Å². The first-order chi connectivity index (χ1) is 12.0. The summed E-state index contributed by atoms with van der Waals surface area (Å²) in [7, 11) is 0. The van der Waals surface area contributed by atoms with Gasteiger partial charge in [-0.05, 0) is 56.1 Å². The van der Waals surface area contributed by atoms with Crippen molar-refractivity contribution < 1.29 is 9.90 Å². The molecule has 3 atom stereocenters. The molecule has 1 saturated carbocycles. The van der Waals surface area contributed by atoms with Gasteiger partial charge in [0.1, 0.15) is 0 Å². The minimum Gasteiger partial charge on any atom is -0.390 e. The zero-order chi connectivity index (χ0) is 17.6. The second-order valence-corrected chi connectivity index (χ2v) is 8.16. The van der Waals surface area contributed by atoms with Crippen molar-refractivity contribution in [3.05, 3.63) is 35.5 Å². The number of rotatable bonds is 3. The van der Waals surface area contributed by atoms with E-state index in [1.165, 1.54) is 22.0 Å². The summed E-state index contributed by atoms with van der Waals surface area (Å²) < 4.78 is 0. The lowest BCUT2D eigenvalue weighted by atomic mass is 9.76. The molecule has 4 rings (SSSR count). The predicted molar refractivity (Wildman–Crippen MR) is 99.6 cm³/mol. The Bertz CT molecular complexity index is 796. The molecule has 2 heterocycles. The van der Waals surface area contributed by atoms with Crippen LogP contribution in [0.3, 0.4) is 0 Å². The molecular formula is C21H28N2O2. The van der Waals surface area contributed by atoms with Gasteiger partial charge in [-0.25, -0.2) is 0 Å². The fourth-order valence-corrected chi connectivity index (χ4v) is 4.87. The molecule has 4 nitrogen and oxygen atoms in total. The summed E-state index contributed by atoms with van der Waals surface area (Å²) in [5.41, 5.74) is 3.12. The highest BCUT2D eigenvalue weighted by molar-refractivity contribution is 5.87. The summed E-state index contributed by atoms with van der Waals surface area (Å²) >= 11 is 0. The molecule has 1 aliphatic carbocycles. The van der Waals surface area contributed by atoms with Crippen LogP contribution in [0.2, 0.25) is 0 Å². The number of benzene rings is 1. The van der Waals surface area contributed by atoms with Crippen molar-refractivity contribution in [3.8, 4) is 0 Å². The quantitative estimate of drug-likeness (QED) is 0.891. The third-order valence-corrected chi connectivity index (χ3v) is 6.34. The summed E-state index contributed by atoms with van der Waals surface area (Å²) in [6, 6.07) is 6.56. The molecule has 2 bridgehead atoms. The number of fused-ring (bicyclic) bond motifs is 3. The number of hydrogen-bond donors (Lipinski definition) is 2. The maximum Gasteiger partial charge on any atom is 0.223 e. The average molecular weight is 340 g/mol. The van der Waals surface area contributed by atoms with Crippen molar-refractivity contribution in [1.82, 2.24) is 9.88 Å². The number of amides is 1. The number of carbonyl (C=O) groups is 1. The van der Waals surface area contributed by atoms with E-state index in [-0.39, 0.29) is 17.9 Å². The number of aryl methyl sites for hydroxylation is 1. The molecule has 134 valence electrons. The number of aromatic amines is 1. The van der Waals surface area contributed by atoms with Gasteiger partial charge in [-0.3, -0.25) is 4.79 Å². The van der Waals surface area contributed by atoms with E-state index in [9.17, 15) is 9.90 Å². The van der Waals surface area contributed by atoms with E-state index in [1.54, 1.807) is 0 Å². The van der Waals surface area contributed by atoms with Gasteiger partial charge in [-0.15, -0.1) is 0 Å². The lowest BCUT2D eigenvalue weighted by Gasteiger charge is -2.48. The van der Waals surface area contributed by atoms with Gasteiger partial charge in [0.05, 0.1) is 5.60 Å². The summed E-state index contributed by atoms with van der Waals surface area (Å²) in [4.78, 5) is 18.4. The largest absolute Gasteiger partial charge is 0.390 e. The third-order valence-electron chi connectivity index (χ3n) is 6.34. The summed E-state index contributed by atoms with van der Waals surface area (Å²) in [5, 5.41) is 11.8. The Morgan fingerprint density at radius 3 is 3.12 bits per heavy atom. The minimum absolute atomic E-state index is 0.187. The van der Waals surface area contributed by atoms with Gasteiger partial charge >= 0.3 is 0 Å². The molecule has 25 heavy (non-hydrogen) atoms. The van der Waals surface area contributed by atoms with E-state index in [2.05, 4.69) is 43.2 Å². The molecule has 4 heteroatoms. The molecule has 1 saturated heterocycles. The number of piperidine rings is 1. The predicted octanol–water partition coefficient (Wildman–Crippen LogP) is 3.88. The van der Waals surface area contributed by atoms with Crippen molar-refractivity contribution in [2.24, 2.45) is 0 Å². The third kappa shape index (κ3) is 2.97. The summed E-state index contributed by atoms with van der Waals surface area (Å²) in [6.45, 7) is 4.96.